The number of nitrogens with one attached hydrogen (secondary N) is 2. The topological polar surface area (TPSA) is 92.8 Å². The lowest BCUT2D eigenvalue weighted by atomic mass is 10.1. The highest BCUT2D eigenvalue weighted by Gasteiger charge is 2.18. The molecule has 0 aromatic carbocycles. The molecule has 0 spiro atoms. The number of nitrogens with two attached hydrogens (primary N) is 1. The molecule has 1 atom stereocenters. The van der Waals surface area contributed by atoms with Gasteiger partial charge in [0.1, 0.15) is 17.2 Å². The summed E-state index contributed by atoms with van der Waals surface area (Å²) in [6.45, 7) is 2.51. The van der Waals surface area contributed by atoms with Gasteiger partial charge in [-0.3, -0.25) is 0 Å². The molecule has 8 heteroatoms. The third kappa shape index (κ3) is 3.44. The second kappa shape index (κ2) is 6.78. The minimum atomic E-state index is 0.0310. The van der Waals surface area contributed by atoms with E-state index in [2.05, 4.69) is 20.3 Å². The zero-order valence-electron chi connectivity index (χ0n) is 12.6. The number of fused-ring (bicyclic) bond motifs is 1. The van der Waals surface area contributed by atoms with E-state index in [4.69, 9.17) is 33.4 Å². The van der Waals surface area contributed by atoms with E-state index in [1.807, 2.05) is 19.1 Å². The van der Waals surface area contributed by atoms with Crippen molar-refractivity contribution >= 4 is 40.1 Å². The van der Waals surface area contributed by atoms with E-state index in [0.29, 0.717) is 34.8 Å². The lowest BCUT2D eigenvalue weighted by Crippen LogP contribution is -2.21. The van der Waals surface area contributed by atoms with Gasteiger partial charge in [-0.25, -0.2) is 0 Å². The molecular weight excluding hydrogens is 337 g/mol. The second-order valence-corrected chi connectivity index (χ2v) is 6.00. The molecule has 0 aliphatic heterocycles. The summed E-state index contributed by atoms with van der Waals surface area (Å²) in [6.07, 6.45) is 3.12. The Labute approximate surface area is 143 Å². The average molecular weight is 354 g/mol. The van der Waals surface area contributed by atoms with E-state index < -0.39 is 0 Å². The lowest BCUT2D eigenvalue weighted by Gasteiger charge is -2.07. The quantitative estimate of drug-likeness (QED) is 0.586. The molecule has 0 aliphatic rings. The fourth-order valence-corrected chi connectivity index (χ4v) is 2.81. The molecule has 3 aromatic rings. The van der Waals surface area contributed by atoms with E-state index in [1.165, 1.54) is 0 Å². The summed E-state index contributed by atoms with van der Waals surface area (Å²) < 4.78 is 5.30. The molecule has 23 heavy (non-hydrogen) atoms. The molecular formula is C15H17Cl2N5O. The van der Waals surface area contributed by atoms with Gasteiger partial charge < -0.3 is 20.5 Å². The van der Waals surface area contributed by atoms with Crippen LogP contribution in [0.3, 0.4) is 0 Å². The fourth-order valence-electron chi connectivity index (χ4n) is 2.34. The highest BCUT2D eigenvalue weighted by atomic mass is 35.5. The molecule has 3 rings (SSSR count). The predicted molar refractivity (Wildman–Crippen MR) is 91.9 cm³/mol. The Morgan fingerprint density at radius 1 is 1.39 bits per heavy atom. The average Bonchev–Trinajstić information content (AvgIpc) is 3.14. The van der Waals surface area contributed by atoms with Crippen LogP contribution in [0.5, 0.6) is 0 Å². The molecule has 4 N–H and O–H groups in total. The third-order valence-corrected chi connectivity index (χ3v) is 4.22. The van der Waals surface area contributed by atoms with Crippen molar-refractivity contribution in [3.05, 3.63) is 40.2 Å². The molecule has 0 bridgehead atoms. The van der Waals surface area contributed by atoms with Crippen molar-refractivity contribution in [2.45, 2.75) is 32.4 Å². The van der Waals surface area contributed by atoms with Crippen LogP contribution >= 0.6 is 23.2 Å². The fraction of sp³-hybridized carbons (Fsp3) is 0.333. The third-order valence-electron chi connectivity index (χ3n) is 3.64. The first-order chi connectivity index (χ1) is 11.1. The Bertz CT molecular complexity index is 800. The summed E-state index contributed by atoms with van der Waals surface area (Å²) in [5.41, 5.74) is 7.45. The standard InChI is InChI=1S/C15H17Cl2N5O/c1-2-8(18)6-10-12(16)11-13(19-7-9-4-3-5-23-9)21-15(17)22-14(11)20-10/h3-5,8H,2,6-7,18H2,1H3,(H2,19,20,21,22)/t8-/m0/s1. The number of halogens is 2. The number of hydrogen-bond acceptors (Lipinski definition) is 5. The molecule has 0 unspecified atom stereocenters. The van der Waals surface area contributed by atoms with Crippen molar-refractivity contribution < 1.29 is 4.42 Å². The van der Waals surface area contributed by atoms with Crippen LogP contribution in [0, 0.1) is 0 Å². The minimum absolute atomic E-state index is 0.0310. The first kappa shape index (κ1) is 16.1. The molecule has 6 nitrogen and oxygen atoms in total. The molecule has 0 aliphatic carbocycles. The van der Waals surface area contributed by atoms with E-state index in [1.54, 1.807) is 6.26 Å². The first-order valence-corrected chi connectivity index (χ1v) is 8.09. The number of anilines is 1. The molecule has 0 saturated carbocycles. The lowest BCUT2D eigenvalue weighted by molar-refractivity contribution is 0.518. The van der Waals surface area contributed by atoms with E-state index in [0.717, 1.165) is 17.9 Å². The van der Waals surface area contributed by atoms with Gasteiger partial charge in [-0.1, -0.05) is 18.5 Å². The van der Waals surface area contributed by atoms with Crippen LogP contribution in [0.25, 0.3) is 11.0 Å². The van der Waals surface area contributed by atoms with E-state index >= 15 is 0 Å². The minimum Gasteiger partial charge on any atom is -0.467 e. The monoisotopic (exact) mass is 353 g/mol. The summed E-state index contributed by atoms with van der Waals surface area (Å²) in [4.78, 5) is 11.6. The van der Waals surface area contributed by atoms with Gasteiger partial charge in [0.05, 0.1) is 23.2 Å². The number of aromatic nitrogens is 3. The number of H-pyrrole nitrogens is 1. The molecule has 122 valence electrons. The van der Waals surface area contributed by atoms with Crippen molar-refractivity contribution in [2.75, 3.05) is 5.32 Å². The zero-order valence-corrected chi connectivity index (χ0v) is 14.1. The maximum Gasteiger partial charge on any atom is 0.226 e. The molecule has 3 aromatic heterocycles. The zero-order chi connectivity index (χ0) is 16.4. The highest BCUT2D eigenvalue weighted by molar-refractivity contribution is 6.37. The van der Waals surface area contributed by atoms with Crippen molar-refractivity contribution in [1.29, 1.82) is 0 Å². The normalized spacial score (nSPS) is 12.7. The Balaban J connectivity index is 1.96. The van der Waals surface area contributed by atoms with Crippen LogP contribution in [0.1, 0.15) is 24.8 Å². The largest absolute Gasteiger partial charge is 0.467 e. The molecule has 3 heterocycles. The molecule has 0 fully saturated rings. The Hall–Kier alpha value is -1.76. The summed E-state index contributed by atoms with van der Waals surface area (Å²) >= 11 is 12.5. The maximum atomic E-state index is 6.50. The van der Waals surface area contributed by atoms with E-state index in [-0.39, 0.29) is 11.3 Å². The van der Waals surface area contributed by atoms with Gasteiger partial charge in [0.25, 0.3) is 0 Å². The van der Waals surface area contributed by atoms with Crippen molar-refractivity contribution in [3.8, 4) is 0 Å². The van der Waals surface area contributed by atoms with Crippen LogP contribution in [-0.2, 0) is 13.0 Å². The van der Waals surface area contributed by atoms with Crippen LogP contribution in [0.4, 0.5) is 5.82 Å². The highest BCUT2D eigenvalue weighted by Crippen LogP contribution is 2.33. The first-order valence-electron chi connectivity index (χ1n) is 7.34. The van der Waals surface area contributed by atoms with E-state index in [9.17, 15) is 0 Å². The van der Waals surface area contributed by atoms with Gasteiger partial charge in [-0.05, 0) is 30.2 Å². The summed E-state index contributed by atoms with van der Waals surface area (Å²) in [5.74, 6) is 1.35. The smallest absolute Gasteiger partial charge is 0.226 e. The van der Waals surface area contributed by atoms with Crippen LogP contribution in [0.2, 0.25) is 10.3 Å². The van der Waals surface area contributed by atoms with Crippen LogP contribution in [-0.4, -0.2) is 21.0 Å². The van der Waals surface area contributed by atoms with Crippen molar-refractivity contribution in [1.82, 2.24) is 15.0 Å². The predicted octanol–water partition coefficient (Wildman–Crippen LogP) is 3.75. The summed E-state index contributed by atoms with van der Waals surface area (Å²) in [6, 6.07) is 3.73. The van der Waals surface area contributed by atoms with Gasteiger partial charge >= 0.3 is 0 Å². The molecule has 0 radical (unpaired) electrons. The Morgan fingerprint density at radius 3 is 2.91 bits per heavy atom. The number of hydrogen-bond donors (Lipinski definition) is 3. The number of nitrogens with zero attached hydrogens (tertiary/aromatic N) is 2. The van der Waals surface area contributed by atoms with Gasteiger partial charge in [0.2, 0.25) is 5.28 Å². The number of aromatic amines is 1. The maximum absolute atomic E-state index is 6.50. The van der Waals surface area contributed by atoms with Crippen molar-refractivity contribution in [3.63, 3.8) is 0 Å². The molecule has 0 saturated heterocycles. The van der Waals surface area contributed by atoms with Gasteiger partial charge in [0, 0.05) is 18.2 Å². The van der Waals surface area contributed by atoms with Gasteiger partial charge in [0.15, 0.2) is 0 Å². The number of rotatable bonds is 6. The molecule has 0 amide bonds. The summed E-state index contributed by atoms with van der Waals surface area (Å²) in [5, 5.41) is 4.61. The van der Waals surface area contributed by atoms with Crippen molar-refractivity contribution in [2.24, 2.45) is 5.73 Å². The van der Waals surface area contributed by atoms with Gasteiger partial charge in [-0.15, -0.1) is 0 Å². The van der Waals surface area contributed by atoms with Gasteiger partial charge in [-0.2, -0.15) is 9.97 Å². The Morgan fingerprint density at radius 2 is 2.22 bits per heavy atom. The number of furan rings is 1. The second-order valence-electron chi connectivity index (χ2n) is 5.29. The van der Waals surface area contributed by atoms with Crippen LogP contribution in [0.15, 0.2) is 22.8 Å². The Kier molecular flexibility index (Phi) is 4.75. The van der Waals surface area contributed by atoms with Crippen LogP contribution < -0.4 is 11.1 Å². The SMILES string of the molecule is CC[C@H](N)Cc1[nH]c2nc(Cl)nc(NCc3ccco3)c2c1Cl. The summed E-state index contributed by atoms with van der Waals surface area (Å²) in [7, 11) is 0.